The molecule has 1 saturated heterocycles. The van der Waals surface area contributed by atoms with Crippen molar-refractivity contribution in [3.8, 4) is 0 Å². The molecule has 0 amide bonds. The maximum absolute atomic E-state index is 8.44. The van der Waals surface area contributed by atoms with Crippen LogP contribution in [0.3, 0.4) is 0 Å². The third kappa shape index (κ3) is 10.2. The van der Waals surface area contributed by atoms with E-state index in [0.717, 1.165) is 0 Å². The van der Waals surface area contributed by atoms with Crippen molar-refractivity contribution in [2.24, 2.45) is 0 Å². The number of nitrogens with two attached hydrogens (primary N) is 1. The van der Waals surface area contributed by atoms with Crippen molar-refractivity contribution >= 4 is 6.16 Å². The van der Waals surface area contributed by atoms with Gasteiger partial charge in [-0.15, -0.1) is 0 Å². The number of carboxylic acid groups (broad SMARTS) is 2. The molecule has 0 spiro atoms. The van der Waals surface area contributed by atoms with Crippen molar-refractivity contribution in [1.82, 2.24) is 5.32 Å². The Bertz CT molecular complexity index is 77.4. The molecule has 1 fully saturated rings. The Morgan fingerprint density at radius 2 is 1.90 bits per heavy atom. The summed E-state index contributed by atoms with van der Waals surface area (Å²) in [6.45, 7) is 4.92. The molecule has 0 radical (unpaired) electrons. The second-order valence-electron chi connectivity index (χ2n) is 1.88. The Balaban J connectivity index is 0.000000180. The maximum atomic E-state index is 8.44. The average molecular weight is 148 g/mol. The molecule has 1 aliphatic rings. The van der Waals surface area contributed by atoms with E-state index in [2.05, 4.69) is 10.6 Å². The zero-order chi connectivity index (χ0) is 7.82. The Morgan fingerprint density at radius 1 is 1.50 bits per heavy atom. The van der Waals surface area contributed by atoms with Crippen LogP contribution < -0.4 is 15.7 Å². The molecule has 1 aliphatic heterocycles. The highest BCUT2D eigenvalue weighted by molar-refractivity contribution is 5.50. The number of rotatable bonds is 0. The molecule has 0 aliphatic carbocycles. The topological polar surface area (TPSA) is 89.0 Å². The molecule has 0 saturated carbocycles. The number of nitrogens with one attached hydrogen (secondary N) is 1. The van der Waals surface area contributed by atoms with Gasteiger partial charge < -0.3 is 25.6 Å². The van der Waals surface area contributed by atoms with Crippen LogP contribution in [0.15, 0.2) is 0 Å². The van der Waals surface area contributed by atoms with E-state index in [-0.39, 0.29) is 0 Å². The van der Waals surface area contributed by atoms with Gasteiger partial charge in [-0.25, -0.2) is 0 Å². The Hall–Kier alpha value is -0.810. The zero-order valence-electron chi connectivity index (χ0n) is 5.67. The molecule has 60 valence electrons. The van der Waals surface area contributed by atoms with Crippen molar-refractivity contribution in [3.05, 3.63) is 0 Å². The Morgan fingerprint density at radius 3 is 2.00 bits per heavy atom. The van der Waals surface area contributed by atoms with Gasteiger partial charge >= 0.3 is 0 Å². The van der Waals surface area contributed by atoms with Gasteiger partial charge in [0, 0.05) is 13.1 Å². The molecular weight excluding hydrogens is 136 g/mol. The normalized spacial score (nSPS) is 16.8. The summed E-state index contributed by atoms with van der Waals surface area (Å²) in [6, 6.07) is 0. The zero-order valence-corrected chi connectivity index (χ0v) is 5.67. The minimum Gasteiger partial charge on any atom is -0.565 e. The van der Waals surface area contributed by atoms with E-state index in [1.54, 1.807) is 0 Å². The summed E-state index contributed by atoms with van der Waals surface area (Å²) in [7, 11) is 0. The fourth-order valence-electron chi connectivity index (χ4n) is 0.678. The summed E-state index contributed by atoms with van der Waals surface area (Å²) in [5.41, 5.74) is 0. The molecule has 10 heavy (non-hydrogen) atoms. The minimum absolute atomic E-state index is 1.19. The van der Waals surface area contributed by atoms with Crippen LogP contribution in [0.2, 0.25) is 0 Å². The van der Waals surface area contributed by atoms with E-state index in [4.69, 9.17) is 15.0 Å². The van der Waals surface area contributed by atoms with E-state index in [1.165, 1.54) is 26.2 Å². The predicted octanol–water partition coefficient (Wildman–Crippen LogP) is -2.96. The van der Waals surface area contributed by atoms with Crippen LogP contribution in [-0.2, 0) is 0 Å². The summed E-state index contributed by atoms with van der Waals surface area (Å²) < 4.78 is 0. The van der Waals surface area contributed by atoms with Crippen molar-refractivity contribution in [2.75, 3.05) is 26.2 Å². The summed E-state index contributed by atoms with van der Waals surface area (Å²) in [4.78, 5) is 8.44. The van der Waals surface area contributed by atoms with Crippen molar-refractivity contribution in [2.45, 2.75) is 0 Å². The second-order valence-corrected chi connectivity index (χ2v) is 1.88. The lowest BCUT2D eigenvalue weighted by molar-refractivity contribution is -0.657. The number of carbonyl (C=O) groups is 1. The number of hydrogen-bond donors (Lipinski definition) is 3. The van der Waals surface area contributed by atoms with E-state index in [0.29, 0.717) is 0 Å². The lowest BCUT2D eigenvalue weighted by atomic mass is 10.4. The van der Waals surface area contributed by atoms with Gasteiger partial charge in [0.25, 0.3) is 0 Å². The Labute approximate surface area is 59.0 Å². The summed E-state index contributed by atoms with van der Waals surface area (Å²) in [6.07, 6.45) is -2.08. The lowest BCUT2D eigenvalue weighted by Crippen LogP contribution is -2.89. The van der Waals surface area contributed by atoms with Crippen LogP contribution >= 0.6 is 0 Å². The first kappa shape index (κ1) is 9.19. The van der Waals surface area contributed by atoms with E-state index < -0.39 is 6.16 Å². The van der Waals surface area contributed by atoms with E-state index in [9.17, 15) is 0 Å². The molecule has 5 heteroatoms. The van der Waals surface area contributed by atoms with Crippen LogP contribution in [-0.4, -0.2) is 37.4 Å². The van der Waals surface area contributed by atoms with Crippen molar-refractivity contribution in [1.29, 1.82) is 0 Å². The first-order valence-electron chi connectivity index (χ1n) is 3.16. The lowest BCUT2D eigenvalue weighted by Gasteiger charge is -2.07. The summed E-state index contributed by atoms with van der Waals surface area (Å²) in [5, 5.41) is 20.9. The van der Waals surface area contributed by atoms with Gasteiger partial charge in [0.1, 0.15) is 0 Å². The van der Waals surface area contributed by atoms with Gasteiger partial charge in [-0.3, -0.25) is 0 Å². The number of hydrogen-bond acceptors (Lipinski definition) is 3. The molecule has 4 N–H and O–H groups in total. The minimum atomic E-state index is -2.08. The third-order valence-electron chi connectivity index (χ3n) is 1.05. The monoisotopic (exact) mass is 148 g/mol. The molecule has 0 bridgehead atoms. The van der Waals surface area contributed by atoms with Gasteiger partial charge in [-0.2, -0.15) is 0 Å². The van der Waals surface area contributed by atoms with Crippen LogP contribution in [0.5, 0.6) is 0 Å². The van der Waals surface area contributed by atoms with Gasteiger partial charge in [0.15, 0.2) is 0 Å². The van der Waals surface area contributed by atoms with Crippen LogP contribution in [0.1, 0.15) is 0 Å². The molecule has 5 nitrogen and oxygen atoms in total. The number of piperazine rings is 1. The molecule has 0 unspecified atom stereocenters. The maximum Gasteiger partial charge on any atom is 0.249 e. The average Bonchev–Trinajstić information content (AvgIpc) is 1.90. The molecule has 1 heterocycles. The molecule has 0 aromatic carbocycles. The first-order chi connectivity index (χ1) is 4.73. The third-order valence-corrected chi connectivity index (χ3v) is 1.05. The molecule has 0 aromatic heterocycles. The van der Waals surface area contributed by atoms with E-state index >= 15 is 0 Å². The van der Waals surface area contributed by atoms with Crippen LogP contribution in [0, 0.1) is 0 Å². The largest absolute Gasteiger partial charge is 0.565 e. The second kappa shape index (κ2) is 6.31. The molecule has 0 aromatic rings. The van der Waals surface area contributed by atoms with E-state index in [1.807, 2.05) is 0 Å². The highest BCUT2D eigenvalue weighted by Crippen LogP contribution is 1.54. The molecule has 1 rings (SSSR count). The highest BCUT2D eigenvalue weighted by atomic mass is 16.6. The van der Waals surface area contributed by atoms with Gasteiger partial charge in [-0.1, -0.05) is 0 Å². The fraction of sp³-hybridized carbons (Fsp3) is 0.800. The van der Waals surface area contributed by atoms with Crippen molar-refractivity contribution in [3.63, 3.8) is 0 Å². The van der Waals surface area contributed by atoms with Crippen LogP contribution in [0.25, 0.3) is 0 Å². The van der Waals surface area contributed by atoms with Gasteiger partial charge in [-0.05, 0) is 0 Å². The summed E-state index contributed by atoms with van der Waals surface area (Å²) >= 11 is 0. The van der Waals surface area contributed by atoms with Gasteiger partial charge in [0.2, 0.25) is 6.16 Å². The first-order valence-corrected chi connectivity index (χ1v) is 3.16. The Kier molecular flexibility index (Phi) is 5.80. The molecular formula is C5H12N2O3. The van der Waals surface area contributed by atoms with Crippen molar-refractivity contribution < 1.29 is 20.3 Å². The summed E-state index contributed by atoms with van der Waals surface area (Å²) in [5.74, 6) is 0. The van der Waals surface area contributed by atoms with Gasteiger partial charge in [0.05, 0.1) is 13.1 Å². The van der Waals surface area contributed by atoms with Crippen LogP contribution in [0.4, 0.5) is 4.79 Å². The highest BCUT2D eigenvalue weighted by Gasteiger charge is 1.95. The standard InChI is InChI=1S/C4H10N2.CH2O3/c1-2-6-4-3-5-1;2-1(3)4/h5-6H,1-4H2;(H2,2,3,4). The SMILES string of the molecule is C1C[NH2+]CCN1.O=C([O-])O. The quantitative estimate of drug-likeness (QED) is 0.342. The number of quaternary nitrogens is 1. The predicted molar refractivity (Wildman–Crippen MR) is 32.6 cm³/mol. The molecule has 0 atom stereocenters. The smallest absolute Gasteiger partial charge is 0.249 e. The fourth-order valence-corrected chi connectivity index (χ4v) is 0.678.